The van der Waals surface area contributed by atoms with Crippen LogP contribution in [0.5, 0.6) is 34.5 Å². The minimum Gasteiger partial charge on any atom is -0.493 e. The molecule has 0 saturated carbocycles. The highest BCUT2D eigenvalue weighted by atomic mass is 32.2. The van der Waals surface area contributed by atoms with E-state index in [-0.39, 0.29) is 0 Å². The van der Waals surface area contributed by atoms with Crippen LogP contribution in [0.2, 0.25) is 0 Å². The van der Waals surface area contributed by atoms with Crippen LogP contribution in [0.15, 0.2) is 12.1 Å². The first kappa shape index (κ1) is 20.1. The minimum atomic E-state index is -1.14. The molecule has 0 fully saturated rings. The van der Waals surface area contributed by atoms with Gasteiger partial charge in [0.25, 0.3) is 0 Å². The summed E-state index contributed by atoms with van der Waals surface area (Å²) in [5, 5.41) is 0. The van der Waals surface area contributed by atoms with Gasteiger partial charge in [0, 0.05) is 33.4 Å². The van der Waals surface area contributed by atoms with E-state index in [9.17, 15) is 4.21 Å². The van der Waals surface area contributed by atoms with Crippen LogP contribution in [-0.2, 0) is 22.3 Å². The Morgan fingerprint density at radius 2 is 0.964 bits per heavy atom. The molecule has 0 N–H and O–H groups in total. The minimum absolute atomic E-state index is 0.342. The Balaban J connectivity index is 2.50. The first-order valence-electron chi connectivity index (χ1n) is 8.53. The Morgan fingerprint density at radius 1 is 0.607 bits per heavy atom. The Morgan fingerprint density at radius 3 is 1.25 bits per heavy atom. The number of rotatable bonds is 6. The Kier molecular flexibility index (Phi) is 5.88. The van der Waals surface area contributed by atoms with E-state index in [4.69, 9.17) is 28.4 Å². The van der Waals surface area contributed by atoms with E-state index in [1.54, 1.807) is 42.7 Å². The molecule has 0 atom stereocenters. The molecule has 28 heavy (non-hydrogen) atoms. The third-order valence-electron chi connectivity index (χ3n) is 4.71. The molecule has 0 bridgehead atoms. The Bertz CT molecular complexity index is 850. The van der Waals surface area contributed by atoms with Crippen molar-refractivity contribution in [3.05, 3.63) is 23.3 Å². The smallest absolute Gasteiger partial charge is 0.203 e. The van der Waals surface area contributed by atoms with Gasteiger partial charge in [0.05, 0.1) is 42.7 Å². The second kappa shape index (κ2) is 8.18. The molecule has 8 heteroatoms. The number of ether oxygens (including phenoxy) is 6. The maximum Gasteiger partial charge on any atom is 0.203 e. The normalized spacial score (nSPS) is 13.1. The molecule has 1 aliphatic rings. The van der Waals surface area contributed by atoms with Crippen LogP contribution in [0.3, 0.4) is 0 Å². The number of benzene rings is 2. The summed E-state index contributed by atoms with van der Waals surface area (Å²) in [7, 11) is 8.19. The molecule has 0 saturated heterocycles. The van der Waals surface area contributed by atoms with Crippen LogP contribution in [0.25, 0.3) is 11.1 Å². The fraction of sp³-hybridized carbons (Fsp3) is 0.400. The second-order valence-corrected chi connectivity index (χ2v) is 7.54. The van der Waals surface area contributed by atoms with Crippen molar-refractivity contribution in [3.8, 4) is 45.6 Å². The zero-order chi connectivity index (χ0) is 20.4. The summed E-state index contributed by atoms with van der Waals surface area (Å²) in [4.78, 5) is 0. The summed E-state index contributed by atoms with van der Waals surface area (Å²) in [5.74, 6) is 3.60. The van der Waals surface area contributed by atoms with Crippen molar-refractivity contribution in [2.75, 3.05) is 42.7 Å². The van der Waals surface area contributed by atoms with Crippen LogP contribution >= 0.6 is 0 Å². The highest BCUT2D eigenvalue weighted by Gasteiger charge is 2.32. The molecule has 1 aliphatic heterocycles. The van der Waals surface area contributed by atoms with Gasteiger partial charge < -0.3 is 28.4 Å². The SMILES string of the molecule is COc1cc2c(c(OC)c1OC)-c1c(cc(OC)c(OC)c1OC)CS(=O)C2. The highest BCUT2D eigenvalue weighted by Crippen LogP contribution is 2.55. The molecular formula is C20H24O7S. The fourth-order valence-electron chi connectivity index (χ4n) is 3.59. The average Bonchev–Trinajstić information content (AvgIpc) is 2.85. The predicted octanol–water partition coefficient (Wildman–Crippen LogP) is 3.17. The van der Waals surface area contributed by atoms with Gasteiger partial charge in [-0.3, -0.25) is 4.21 Å². The van der Waals surface area contributed by atoms with E-state index in [0.29, 0.717) is 46.0 Å². The first-order chi connectivity index (χ1) is 13.5. The van der Waals surface area contributed by atoms with Crippen LogP contribution in [-0.4, -0.2) is 46.9 Å². The molecule has 0 radical (unpaired) electrons. The topological polar surface area (TPSA) is 72.5 Å². The summed E-state index contributed by atoms with van der Waals surface area (Å²) < 4.78 is 46.3. The summed E-state index contributed by atoms with van der Waals surface area (Å²) in [6.45, 7) is 0. The molecule has 3 rings (SSSR count). The van der Waals surface area contributed by atoms with Crippen LogP contribution < -0.4 is 28.4 Å². The van der Waals surface area contributed by atoms with Crippen molar-refractivity contribution in [1.29, 1.82) is 0 Å². The lowest BCUT2D eigenvalue weighted by molar-refractivity contribution is 0.322. The molecule has 2 aromatic carbocycles. The lowest BCUT2D eigenvalue weighted by atomic mass is 9.93. The van der Waals surface area contributed by atoms with Crippen molar-refractivity contribution < 1.29 is 32.6 Å². The van der Waals surface area contributed by atoms with E-state index >= 15 is 0 Å². The van der Waals surface area contributed by atoms with Gasteiger partial charge in [0.15, 0.2) is 23.0 Å². The number of fused-ring (bicyclic) bond motifs is 3. The summed E-state index contributed by atoms with van der Waals surface area (Å²) in [6.07, 6.45) is 0. The first-order valence-corrected chi connectivity index (χ1v) is 10.0. The summed E-state index contributed by atoms with van der Waals surface area (Å²) in [5.41, 5.74) is 3.13. The monoisotopic (exact) mass is 408 g/mol. The van der Waals surface area contributed by atoms with Crippen molar-refractivity contribution in [3.63, 3.8) is 0 Å². The largest absolute Gasteiger partial charge is 0.493 e. The molecule has 0 unspecified atom stereocenters. The quantitative estimate of drug-likeness (QED) is 0.727. The van der Waals surface area contributed by atoms with E-state index < -0.39 is 10.8 Å². The van der Waals surface area contributed by atoms with Crippen molar-refractivity contribution in [2.45, 2.75) is 11.5 Å². The average molecular weight is 408 g/mol. The highest BCUT2D eigenvalue weighted by molar-refractivity contribution is 7.83. The van der Waals surface area contributed by atoms with E-state index in [1.807, 2.05) is 12.1 Å². The standard InChI is InChI=1S/C20H24O7S/c1-22-13-7-11-9-28(21)10-12-8-14(23-2)18(25-4)20(27-6)16(12)15(11)19(26-5)17(13)24-3/h7-8H,9-10H2,1-6H3. The van der Waals surface area contributed by atoms with E-state index in [0.717, 1.165) is 22.3 Å². The lowest BCUT2D eigenvalue weighted by Gasteiger charge is -2.22. The van der Waals surface area contributed by atoms with Crippen LogP contribution in [0, 0.1) is 0 Å². The molecule has 0 aliphatic carbocycles. The van der Waals surface area contributed by atoms with Gasteiger partial charge in [-0.15, -0.1) is 0 Å². The van der Waals surface area contributed by atoms with Crippen molar-refractivity contribution in [2.24, 2.45) is 0 Å². The zero-order valence-electron chi connectivity index (χ0n) is 16.8. The van der Waals surface area contributed by atoms with Crippen molar-refractivity contribution in [1.82, 2.24) is 0 Å². The van der Waals surface area contributed by atoms with Gasteiger partial charge in [-0.2, -0.15) is 0 Å². The van der Waals surface area contributed by atoms with Crippen LogP contribution in [0.1, 0.15) is 11.1 Å². The number of methoxy groups -OCH3 is 6. The number of hydrogen-bond donors (Lipinski definition) is 0. The predicted molar refractivity (Wildman–Crippen MR) is 107 cm³/mol. The van der Waals surface area contributed by atoms with Gasteiger partial charge in [0.1, 0.15) is 0 Å². The maximum absolute atomic E-state index is 12.8. The molecule has 0 spiro atoms. The van der Waals surface area contributed by atoms with Gasteiger partial charge in [-0.05, 0) is 23.3 Å². The maximum atomic E-state index is 12.8. The zero-order valence-corrected chi connectivity index (χ0v) is 17.7. The molecule has 0 amide bonds. The second-order valence-electron chi connectivity index (χ2n) is 6.09. The molecule has 152 valence electrons. The molecule has 7 nitrogen and oxygen atoms in total. The van der Waals surface area contributed by atoms with Gasteiger partial charge in [-0.1, -0.05) is 0 Å². The van der Waals surface area contributed by atoms with E-state index in [2.05, 4.69) is 0 Å². The molecular weight excluding hydrogens is 384 g/mol. The Labute approximate surface area is 166 Å². The van der Waals surface area contributed by atoms with Crippen LogP contribution in [0.4, 0.5) is 0 Å². The lowest BCUT2D eigenvalue weighted by Crippen LogP contribution is -2.03. The molecule has 1 heterocycles. The third-order valence-corrected chi connectivity index (χ3v) is 5.97. The third kappa shape index (κ3) is 3.11. The van der Waals surface area contributed by atoms with E-state index in [1.165, 1.54) is 0 Å². The van der Waals surface area contributed by atoms with Gasteiger partial charge in [0.2, 0.25) is 11.5 Å². The van der Waals surface area contributed by atoms with Gasteiger partial charge in [-0.25, -0.2) is 0 Å². The molecule has 0 aromatic heterocycles. The Hall–Kier alpha value is -2.61. The van der Waals surface area contributed by atoms with Gasteiger partial charge >= 0.3 is 0 Å². The summed E-state index contributed by atoms with van der Waals surface area (Å²) in [6, 6.07) is 3.67. The molecule has 2 aromatic rings. The number of hydrogen-bond acceptors (Lipinski definition) is 7. The fourth-order valence-corrected chi connectivity index (χ4v) is 4.84. The van der Waals surface area contributed by atoms with Crippen molar-refractivity contribution >= 4 is 10.8 Å². The summed E-state index contributed by atoms with van der Waals surface area (Å²) >= 11 is 0.